The van der Waals surface area contributed by atoms with E-state index in [9.17, 15) is 13.2 Å². The number of sulfonamides is 1. The number of hydrogen-bond donors (Lipinski definition) is 1. The lowest BCUT2D eigenvalue weighted by Gasteiger charge is -2.37. The van der Waals surface area contributed by atoms with E-state index >= 15 is 0 Å². The van der Waals surface area contributed by atoms with Crippen LogP contribution in [0.1, 0.15) is 6.42 Å². The van der Waals surface area contributed by atoms with E-state index < -0.39 is 16.0 Å². The van der Waals surface area contributed by atoms with Gasteiger partial charge in [0.25, 0.3) is 0 Å². The highest BCUT2D eigenvalue weighted by Gasteiger charge is 2.35. The second-order valence-electron chi connectivity index (χ2n) is 3.35. The second-order valence-corrected chi connectivity index (χ2v) is 5.36. The normalized spacial score (nSPS) is 18.9. The molecule has 5 nitrogen and oxygen atoms in total. The predicted molar refractivity (Wildman–Crippen MR) is 51.3 cm³/mol. The highest BCUT2D eigenvalue weighted by molar-refractivity contribution is 7.89. The summed E-state index contributed by atoms with van der Waals surface area (Å²) < 4.78 is 24.0. The highest BCUT2D eigenvalue weighted by atomic mass is 32.2. The quantitative estimate of drug-likeness (QED) is 0.656. The minimum atomic E-state index is -3.22. The molecule has 0 aromatic carbocycles. The molecule has 0 aromatic heterocycles. The van der Waals surface area contributed by atoms with Crippen molar-refractivity contribution in [1.82, 2.24) is 4.31 Å². The first-order valence-corrected chi connectivity index (χ1v) is 5.87. The molecular weight excluding hydrogens is 206 g/mol. The molecular formula is C8H13NO4S. The monoisotopic (exact) mass is 219 g/mol. The van der Waals surface area contributed by atoms with Gasteiger partial charge in [-0.2, -0.15) is 0 Å². The van der Waals surface area contributed by atoms with Gasteiger partial charge in [-0.3, -0.25) is 4.79 Å². The van der Waals surface area contributed by atoms with Crippen LogP contribution in [0, 0.1) is 5.92 Å². The molecule has 6 heteroatoms. The Balaban J connectivity index is 2.41. The van der Waals surface area contributed by atoms with E-state index in [-0.39, 0.29) is 18.1 Å². The van der Waals surface area contributed by atoms with Crippen LogP contribution in [-0.2, 0) is 14.8 Å². The van der Waals surface area contributed by atoms with Crippen molar-refractivity contribution in [1.29, 1.82) is 0 Å². The lowest BCUT2D eigenvalue weighted by Crippen LogP contribution is -2.51. The summed E-state index contributed by atoms with van der Waals surface area (Å²) in [7, 11) is -3.22. The Kier molecular flexibility index (Phi) is 3.28. The maximum absolute atomic E-state index is 11.4. The molecule has 1 saturated heterocycles. The zero-order valence-corrected chi connectivity index (χ0v) is 8.53. The van der Waals surface area contributed by atoms with Crippen molar-refractivity contribution >= 4 is 16.0 Å². The zero-order valence-electron chi connectivity index (χ0n) is 7.72. The maximum atomic E-state index is 11.4. The number of carboxylic acid groups (broad SMARTS) is 1. The van der Waals surface area contributed by atoms with Crippen LogP contribution < -0.4 is 0 Å². The number of carboxylic acids is 1. The van der Waals surface area contributed by atoms with Crippen molar-refractivity contribution < 1.29 is 18.3 Å². The summed E-state index contributed by atoms with van der Waals surface area (Å²) in [4.78, 5) is 10.3. The molecule has 0 aliphatic carbocycles. The Hall–Kier alpha value is -0.880. The largest absolute Gasteiger partial charge is 0.481 e. The molecule has 0 atom stereocenters. The van der Waals surface area contributed by atoms with Gasteiger partial charge in [-0.25, -0.2) is 12.7 Å². The smallest absolute Gasteiger partial charge is 0.303 e. The molecule has 0 spiro atoms. The minimum Gasteiger partial charge on any atom is -0.481 e. The van der Waals surface area contributed by atoms with Crippen molar-refractivity contribution in [3.05, 3.63) is 12.7 Å². The van der Waals surface area contributed by atoms with Gasteiger partial charge in [0.05, 0.1) is 12.2 Å². The van der Waals surface area contributed by atoms with Crippen molar-refractivity contribution in [2.24, 2.45) is 5.92 Å². The lowest BCUT2D eigenvalue weighted by atomic mass is 10.00. The van der Waals surface area contributed by atoms with Crippen LogP contribution in [-0.4, -0.2) is 42.6 Å². The van der Waals surface area contributed by atoms with E-state index in [4.69, 9.17) is 5.11 Å². The Bertz CT molecular complexity index is 329. The molecule has 1 fully saturated rings. The van der Waals surface area contributed by atoms with Gasteiger partial charge >= 0.3 is 5.97 Å². The van der Waals surface area contributed by atoms with Gasteiger partial charge in [-0.15, -0.1) is 6.58 Å². The molecule has 1 rings (SSSR count). The van der Waals surface area contributed by atoms with Crippen molar-refractivity contribution in [3.8, 4) is 0 Å². The van der Waals surface area contributed by atoms with Gasteiger partial charge in [-0.05, 0) is 5.92 Å². The molecule has 0 radical (unpaired) electrons. The Morgan fingerprint density at radius 1 is 1.57 bits per heavy atom. The van der Waals surface area contributed by atoms with E-state index in [1.165, 1.54) is 10.4 Å². The molecule has 1 aliphatic rings. The first kappa shape index (κ1) is 11.2. The predicted octanol–water partition coefficient (Wildman–Crippen LogP) is -0.0913. The van der Waals surface area contributed by atoms with Crippen molar-refractivity contribution in [2.45, 2.75) is 6.42 Å². The number of rotatable bonds is 5. The van der Waals surface area contributed by atoms with Crippen LogP contribution in [0.4, 0.5) is 0 Å². The summed E-state index contributed by atoms with van der Waals surface area (Å²) >= 11 is 0. The molecule has 0 unspecified atom stereocenters. The molecule has 1 heterocycles. The van der Waals surface area contributed by atoms with Gasteiger partial charge in [0.2, 0.25) is 10.0 Å². The van der Waals surface area contributed by atoms with Gasteiger partial charge < -0.3 is 5.11 Å². The van der Waals surface area contributed by atoms with E-state index in [1.807, 2.05) is 0 Å². The van der Waals surface area contributed by atoms with E-state index in [2.05, 4.69) is 6.58 Å². The number of hydrogen-bond acceptors (Lipinski definition) is 3. The van der Waals surface area contributed by atoms with Crippen LogP contribution in [0.5, 0.6) is 0 Å². The van der Waals surface area contributed by atoms with Crippen LogP contribution in [0.2, 0.25) is 0 Å². The molecule has 0 saturated carbocycles. The average Bonchev–Trinajstić information content (AvgIpc) is 1.94. The Labute approximate surface area is 83.1 Å². The fourth-order valence-electron chi connectivity index (χ4n) is 1.38. The zero-order chi connectivity index (χ0) is 10.8. The number of carbonyl (C=O) groups is 1. The SMILES string of the molecule is C=CCS(=O)(=O)N1CC(CC(=O)O)C1. The molecule has 1 N–H and O–H groups in total. The lowest BCUT2D eigenvalue weighted by molar-refractivity contribution is -0.139. The summed E-state index contributed by atoms with van der Waals surface area (Å²) in [5.74, 6) is -0.991. The molecule has 0 aromatic rings. The Morgan fingerprint density at radius 3 is 2.57 bits per heavy atom. The van der Waals surface area contributed by atoms with Crippen LogP contribution in [0.25, 0.3) is 0 Å². The van der Waals surface area contributed by atoms with Crippen molar-refractivity contribution in [3.63, 3.8) is 0 Å². The average molecular weight is 219 g/mol. The fourth-order valence-corrected chi connectivity index (χ4v) is 2.76. The van der Waals surface area contributed by atoms with Crippen LogP contribution in [0.3, 0.4) is 0 Å². The van der Waals surface area contributed by atoms with E-state index in [0.717, 1.165) is 0 Å². The molecule has 0 amide bonds. The molecule has 14 heavy (non-hydrogen) atoms. The maximum Gasteiger partial charge on any atom is 0.303 e. The summed E-state index contributed by atoms with van der Waals surface area (Å²) in [6.07, 6.45) is 1.37. The van der Waals surface area contributed by atoms with E-state index in [0.29, 0.717) is 13.1 Å². The topological polar surface area (TPSA) is 74.7 Å². The standard InChI is InChI=1S/C8H13NO4S/c1-2-3-14(12,13)9-5-7(6-9)4-8(10)11/h2,7H,1,3-6H2,(H,10,11). The second kappa shape index (κ2) is 4.10. The third-order valence-corrected chi connectivity index (χ3v) is 3.85. The van der Waals surface area contributed by atoms with Crippen molar-refractivity contribution in [2.75, 3.05) is 18.8 Å². The number of aliphatic carboxylic acids is 1. The van der Waals surface area contributed by atoms with Gasteiger partial charge in [0.1, 0.15) is 0 Å². The van der Waals surface area contributed by atoms with Gasteiger partial charge in [-0.1, -0.05) is 6.08 Å². The third-order valence-electron chi connectivity index (χ3n) is 2.11. The summed E-state index contributed by atoms with van der Waals surface area (Å²) in [6, 6.07) is 0. The van der Waals surface area contributed by atoms with Crippen LogP contribution in [0.15, 0.2) is 12.7 Å². The molecule has 1 aliphatic heterocycles. The molecule has 80 valence electrons. The first-order valence-electron chi connectivity index (χ1n) is 4.26. The minimum absolute atomic E-state index is 0.0351. The highest BCUT2D eigenvalue weighted by Crippen LogP contribution is 2.22. The summed E-state index contributed by atoms with van der Waals surface area (Å²) in [6.45, 7) is 4.00. The molecule has 0 bridgehead atoms. The van der Waals surface area contributed by atoms with Gasteiger partial charge in [0, 0.05) is 13.1 Å². The Morgan fingerprint density at radius 2 is 2.14 bits per heavy atom. The van der Waals surface area contributed by atoms with Gasteiger partial charge in [0.15, 0.2) is 0 Å². The first-order chi connectivity index (χ1) is 6.45. The summed E-state index contributed by atoms with van der Waals surface area (Å²) in [5, 5.41) is 8.46. The third kappa shape index (κ3) is 2.55. The van der Waals surface area contributed by atoms with Crippen LogP contribution >= 0.6 is 0 Å². The fraction of sp³-hybridized carbons (Fsp3) is 0.625. The van der Waals surface area contributed by atoms with E-state index in [1.54, 1.807) is 0 Å². The summed E-state index contributed by atoms with van der Waals surface area (Å²) in [5.41, 5.74) is 0. The number of nitrogens with zero attached hydrogens (tertiary/aromatic N) is 1.